The zero-order chi connectivity index (χ0) is 15.8. The Hall–Kier alpha value is -2.52. The molecule has 2 aromatic heterocycles. The average Bonchev–Trinajstić information content (AvgIpc) is 2.90. The van der Waals surface area contributed by atoms with E-state index in [0.717, 1.165) is 16.1 Å². The number of hydrogen-bond acceptors (Lipinski definition) is 3. The van der Waals surface area contributed by atoms with E-state index < -0.39 is 0 Å². The fraction of sp³-hybridized carbons (Fsp3) is 0.100. The third kappa shape index (κ3) is 2.43. The maximum atomic E-state index is 4.55. The fourth-order valence-electron chi connectivity index (χ4n) is 2.85. The summed E-state index contributed by atoms with van der Waals surface area (Å²) in [6.45, 7) is 4.29. The molecule has 0 saturated carbocycles. The minimum atomic E-state index is 1.02. The van der Waals surface area contributed by atoms with E-state index >= 15 is 0 Å². The number of nitrogens with zero attached hydrogens (tertiary/aromatic N) is 2. The molecule has 3 heteroatoms. The molecule has 0 saturated heterocycles. The second kappa shape index (κ2) is 5.60. The topological polar surface area (TPSA) is 25.8 Å². The first-order valence-electron chi connectivity index (χ1n) is 7.60. The average molecular weight is 316 g/mol. The summed E-state index contributed by atoms with van der Waals surface area (Å²) >= 11 is 1.74. The molecule has 0 radical (unpaired) electrons. The fourth-order valence-corrected chi connectivity index (χ4v) is 3.85. The zero-order valence-corrected chi connectivity index (χ0v) is 13.9. The molecule has 0 aliphatic rings. The third-order valence-corrected chi connectivity index (χ3v) is 5.35. The maximum absolute atomic E-state index is 4.55. The molecule has 0 fully saturated rings. The van der Waals surface area contributed by atoms with Crippen LogP contribution >= 0.6 is 11.3 Å². The maximum Gasteiger partial charge on any atom is 0.127 e. The van der Waals surface area contributed by atoms with E-state index in [1.54, 1.807) is 17.7 Å². The molecule has 0 amide bonds. The van der Waals surface area contributed by atoms with E-state index in [-0.39, 0.29) is 0 Å². The van der Waals surface area contributed by atoms with Gasteiger partial charge in [0.2, 0.25) is 0 Å². The number of thiophene rings is 1. The number of aryl methyl sites for hydroxylation is 2. The predicted octanol–water partition coefficient (Wildman–Crippen LogP) is 5.64. The van der Waals surface area contributed by atoms with Gasteiger partial charge in [-0.25, -0.2) is 9.97 Å². The number of rotatable bonds is 2. The van der Waals surface area contributed by atoms with Crippen molar-refractivity contribution < 1.29 is 0 Å². The van der Waals surface area contributed by atoms with Crippen LogP contribution in [0.3, 0.4) is 0 Å². The van der Waals surface area contributed by atoms with Gasteiger partial charge in [0.25, 0.3) is 0 Å². The van der Waals surface area contributed by atoms with Crippen molar-refractivity contribution in [1.29, 1.82) is 0 Å². The highest BCUT2D eigenvalue weighted by Gasteiger charge is 2.13. The molecule has 2 nitrogen and oxygen atoms in total. The summed E-state index contributed by atoms with van der Waals surface area (Å²) < 4.78 is 0. The SMILES string of the molecule is Cc1sc2ncnc(-c3ccc(-c4ccccc4)cc3)c2c1C. The van der Waals surface area contributed by atoms with Crippen molar-refractivity contribution in [2.45, 2.75) is 13.8 Å². The lowest BCUT2D eigenvalue weighted by atomic mass is 10.0. The first kappa shape index (κ1) is 14.1. The molecule has 0 N–H and O–H groups in total. The Balaban J connectivity index is 1.83. The van der Waals surface area contributed by atoms with Crippen molar-refractivity contribution in [3.63, 3.8) is 0 Å². The second-order valence-corrected chi connectivity index (χ2v) is 6.83. The van der Waals surface area contributed by atoms with E-state index in [2.05, 4.69) is 72.3 Å². The van der Waals surface area contributed by atoms with Crippen molar-refractivity contribution in [2.75, 3.05) is 0 Å². The van der Waals surface area contributed by atoms with Gasteiger partial charge in [-0.05, 0) is 30.5 Å². The molecule has 112 valence electrons. The van der Waals surface area contributed by atoms with Crippen molar-refractivity contribution in [3.05, 3.63) is 71.4 Å². The van der Waals surface area contributed by atoms with Crippen LogP contribution in [0.25, 0.3) is 32.6 Å². The Morgan fingerprint density at radius 1 is 0.739 bits per heavy atom. The van der Waals surface area contributed by atoms with Gasteiger partial charge in [0.15, 0.2) is 0 Å². The third-order valence-electron chi connectivity index (χ3n) is 4.23. The zero-order valence-electron chi connectivity index (χ0n) is 13.1. The quantitative estimate of drug-likeness (QED) is 0.478. The summed E-state index contributed by atoms with van der Waals surface area (Å²) in [5.74, 6) is 0. The number of fused-ring (bicyclic) bond motifs is 1. The lowest BCUT2D eigenvalue weighted by molar-refractivity contribution is 1.23. The smallest absolute Gasteiger partial charge is 0.127 e. The van der Waals surface area contributed by atoms with E-state index in [0.29, 0.717) is 0 Å². The van der Waals surface area contributed by atoms with Gasteiger partial charge in [0, 0.05) is 15.8 Å². The van der Waals surface area contributed by atoms with Gasteiger partial charge in [-0.1, -0.05) is 54.6 Å². The summed E-state index contributed by atoms with van der Waals surface area (Å²) in [6.07, 6.45) is 1.66. The summed E-state index contributed by atoms with van der Waals surface area (Å²) in [5.41, 5.74) is 5.90. The van der Waals surface area contributed by atoms with Crippen molar-refractivity contribution in [2.24, 2.45) is 0 Å². The molecule has 2 aromatic carbocycles. The van der Waals surface area contributed by atoms with Gasteiger partial charge in [-0.3, -0.25) is 0 Å². The predicted molar refractivity (Wildman–Crippen MR) is 97.8 cm³/mol. The molecule has 0 atom stereocenters. The molecule has 0 aliphatic carbocycles. The highest BCUT2D eigenvalue weighted by atomic mass is 32.1. The lowest BCUT2D eigenvalue weighted by Crippen LogP contribution is -1.88. The Morgan fingerprint density at radius 2 is 1.39 bits per heavy atom. The monoisotopic (exact) mass is 316 g/mol. The molecule has 2 heterocycles. The molecule has 23 heavy (non-hydrogen) atoms. The van der Waals surface area contributed by atoms with Crippen LogP contribution in [0.15, 0.2) is 60.9 Å². The summed E-state index contributed by atoms with van der Waals surface area (Å²) in [7, 11) is 0. The molecule has 4 aromatic rings. The minimum Gasteiger partial charge on any atom is -0.236 e. The Kier molecular flexibility index (Phi) is 3.43. The molecule has 0 unspecified atom stereocenters. The molecule has 0 aliphatic heterocycles. The highest BCUT2D eigenvalue weighted by molar-refractivity contribution is 7.18. The van der Waals surface area contributed by atoms with Gasteiger partial charge in [0.05, 0.1) is 5.69 Å². The van der Waals surface area contributed by atoms with Crippen molar-refractivity contribution in [3.8, 4) is 22.4 Å². The van der Waals surface area contributed by atoms with Gasteiger partial charge in [-0.2, -0.15) is 0 Å². The van der Waals surface area contributed by atoms with Crippen LogP contribution in [-0.2, 0) is 0 Å². The Morgan fingerprint density at radius 3 is 2.13 bits per heavy atom. The molecular weight excluding hydrogens is 300 g/mol. The largest absolute Gasteiger partial charge is 0.236 e. The highest BCUT2D eigenvalue weighted by Crippen LogP contribution is 2.35. The van der Waals surface area contributed by atoms with Crippen LogP contribution < -0.4 is 0 Å². The molecule has 0 bridgehead atoms. The second-order valence-electron chi connectivity index (χ2n) is 5.63. The van der Waals surface area contributed by atoms with E-state index in [4.69, 9.17) is 0 Å². The van der Waals surface area contributed by atoms with E-state index in [1.165, 1.54) is 27.0 Å². The summed E-state index contributed by atoms with van der Waals surface area (Å²) in [6, 6.07) is 19.0. The van der Waals surface area contributed by atoms with Gasteiger partial charge in [0.1, 0.15) is 11.2 Å². The molecule has 4 rings (SSSR count). The standard InChI is InChI=1S/C20H16N2S/c1-13-14(2)23-20-18(13)19(21-12-22-20)17-10-8-16(9-11-17)15-6-4-3-5-7-15/h3-12H,1-2H3. The minimum absolute atomic E-state index is 1.02. The van der Waals surface area contributed by atoms with Gasteiger partial charge in [-0.15, -0.1) is 11.3 Å². The summed E-state index contributed by atoms with van der Waals surface area (Å²) in [5, 5.41) is 1.18. The lowest BCUT2D eigenvalue weighted by Gasteiger charge is -2.06. The first-order valence-corrected chi connectivity index (χ1v) is 8.42. The van der Waals surface area contributed by atoms with Crippen LogP contribution in [0.5, 0.6) is 0 Å². The number of aromatic nitrogens is 2. The van der Waals surface area contributed by atoms with Crippen molar-refractivity contribution in [1.82, 2.24) is 9.97 Å². The molecule has 0 spiro atoms. The van der Waals surface area contributed by atoms with Crippen LogP contribution in [0.4, 0.5) is 0 Å². The van der Waals surface area contributed by atoms with Gasteiger partial charge < -0.3 is 0 Å². The van der Waals surface area contributed by atoms with Crippen LogP contribution in [0.1, 0.15) is 10.4 Å². The molecular formula is C20H16N2S. The summed E-state index contributed by atoms with van der Waals surface area (Å²) in [4.78, 5) is 11.3. The van der Waals surface area contributed by atoms with Crippen molar-refractivity contribution >= 4 is 21.6 Å². The van der Waals surface area contributed by atoms with Crippen LogP contribution in [-0.4, -0.2) is 9.97 Å². The van der Waals surface area contributed by atoms with Gasteiger partial charge >= 0.3 is 0 Å². The number of benzene rings is 2. The van der Waals surface area contributed by atoms with E-state index in [1.807, 2.05) is 6.07 Å². The Labute approximate surface area is 139 Å². The van der Waals surface area contributed by atoms with Crippen LogP contribution in [0, 0.1) is 13.8 Å². The van der Waals surface area contributed by atoms with E-state index in [9.17, 15) is 0 Å². The number of hydrogen-bond donors (Lipinski definition) is 0. The first-order chi connectivity index (χ1) is 11.2. The normalized spacial score (nSPS) is 11.0. The van der Waals surface area contributed by atoms with Crippen LogP contribution in [0.2, 0.25) is 0 Å². The Bertz CT molecular complexity index is 970.